The van der Waals surface area contributed by atoms with Gasteiger partial charge in [0, 0.05) is 11.6 Å². The van der Waals surface area contributed by atoms with Gasteiger partial charge in [0.1, 0.15) is 0 Å². The van der Waals surface area contributed by atoms with E-state index in [-0.39, 0.29) is 6.04 Å². The molecule has 1 aromatic heterocycles. The molecule has 0 aliphatic heterocycles. The van der Waals surface area contributed by atoms with Gasteiger partial charge in [0.05, 0.1) is 6.26 Å². The fourth-order valence-electron chi connectivity index (χ4n) is 1.90. The van der Waals surface area contributed by atoms with Gasteiger partial charge in [0.25, 0.3) is 0 Å². The fourth-order valence-corrected chi connectivity index (χ4v) is 2.43. The standard InChI is InChI=1S/C14H16BrNO/c15-14-12(9-10-17-14)13(16)8-4-7-11-5-2-1-3-6-11/h1-3,5-6,9-10,13H,4,7-8,16H2. The van der Waals surface area contributed by atoms with Gasteiger partial charge in [-0.15, -0.1) is 0 Å². The van der Waals surface area contributed by atoms with E-state index in [0.29, 0.717) is 0 Å². The average molecular weight is 294 g/mol. The van der Waals surface area contributed by atoms with Gasteiger partial charge in [0.15, 0.2) is 4.67 Å². The van der Waals surface area contributed by atoms with Crippen molar-refractivity contribution >= 4 is 15.9 Å². The molecule has 0 saturated carbocycles. The lowest BCUT2D eigenvalue weighted by Gasteiger charge is -2.09. The van der Waals surface area contributed by atoms with Crippen LogP contribution in [0, 0.1) is 0 Å². The SMILES string of the molecule is NC(CCCc1ccccc1)c1ccoc1Br. The van der Waals surface area contributed by atoms with Gasteiger partial charge in [-0.05, 0) is 46.8 Å². The number of nitrogens with two attached hydrogens (primary N) is 1. The van der Waals surface area contributed by atoms with Gasteiger partial charge in [-0.2, -0.15) is 0 Å². The van der Waals surface area contributed by atoms with Crippen LogP contribution >= 0.6 is 15.9 Å². The van der Waals surface area contributed by atoms with E-state index >= 15 is 0 Å². The number of furan rings is 1. The molecule has 0 spiro atoms. The van der Waals surface area contributed by atoms with E-state index in [2.05, 4.69) is 40.2 Å². The van der Waals surface area contributed by atoms with Gasteiger partial charge in [-0.25, -0.2) is 0 Å². The minimum absolute atomic E-state index is 0.0480. The van der Waals surface area contributed by atoms with Crippen molar-refractivity contribution in [3.8, 4) is 0 Å². The Morgan fingerprint density at radius 1 is 1.18 bits per heavy atom. The van der Waals surface area contributed by atoms with Crippen LogP contribution in [0.15, 0.2) is 51.7 Å². The molecule has 0 radical (unpaired) electrons. The molecular weight excluding hydrogens is 278 g/mol. The molecule has 17 heavy (non-hydrogen) atoms. The van der Waals surface area contributed by atoms with Crippen molar-refractivity contribution in [2.75, 3.05) is 0 Å². The van der Waals surface area contributed by atoms with Crippen molar-refractivity contribution in [3.05, 3.63) is 58.5 Å². The first-order valence-electron chi connectivity index (χ1n) is 5.80. The highest BCUT2D eigenvalue weighted by Gasteiger charge is 2.11. The lowest BCUT2D eigenvalue weighted by molar-refractivity contribution is 0.524. The molecule has 0 bridgehead atoms. The Bertz CT molecular complexity index is 452. The zero-order chi connectivity index (χ0) is 12.1. The van der Waals surface area contributed by atoms with E-state index in [1.54, 1.807) is 6.26 Å². The maximum Gasteiger partial charge on any atom is 0.173 e. The third-order valence-corrected chi connectivity index (χ3v) is 3.51. The third-order valence-electron chi connectivity index (χ3n) is 2.87. The molecule has 0 aliphatic carbocycles. The Hall–Kier alpha value is -1.06. The second-order valence-corrected chi connectivity index (χ2v) is 4.85. The monoisotopic (exact) mass is 293 g/mol. The van der Waals surface area contributed by atoms with Crippen LogP contribution in [-0.2, 0) is 6.42 Å². The summed E-state index contributed by atoms with van der Waals surface area (Å²) in [5, 5.41) is 0. The van der Waals surface area contributed by atoms with Gasteiger partial charge in [-0.3, -0.25) is 0 Å². The first-order valence-corrected chi connectivity index (χ1v) is 6.59. The van der Waals surface area contributed by atoms with Crippen LogP contribution in [0.25, 0.3) is 0 Å². The van der Waals surface area contributed by atoms with Crippen LogP contribution in [0.1, 0.15) is 30.0 Å². The predicted molar refractivity (Wildman–Crippen MR) is 72.7 cm³/mol. The third kappa shape index (κ3) is 3.45. The molecule has 1 atom stereocenters. The number of halogens is 1. The van der Waals surface area contributed by atoms with Gasteiger partial charge >= 0.3 is 0 Å². The largest absolute Gasteiger partial charge is 0.457 e. The van der Waals surface area contributed by atoms with E-state index in [4.69, 9.17) is 10.2 Å². The molecule has 2 rings (SSSR count). The van der Waals surface area contributed by atoms with Crippen molar-refractivity contribution in [2.24, 2.45) is 5.73 Å². The molecule has 0 amide bonds. The summed E-state index contributed by atoms with van der Waals surface area (Å²) in [6, 6.07) is 12.5. The first kappa shape index (κ1) is 12.4. The highest BCUT2D eigenvalue weighted by atomic mass is 79.9. The van der Waals surface area contributed by atoms with Gasteiger partial charge in [-0.1, -0.05) is 30.3 Å². The fraction of sp³-hybridized carbons (Fsp3) is 0.286. The molecule has 2 aromatic rings. The molecule has 0 aliphatic rings. The number of hydrogen-bond donors (Lipinski definition) is 1. The summed E-state index contributed by atoms with van der Waals surface area (Å²) in [5.41, 5.74) is 8.53. The molecule has 90 valence electrons. The Balaban J connectivity index is 1.81. The summed E-state index contributed by atoms with van der Waals surface area (Å²) >= 11 is 3.36. The lowest BCUT2D eigenvalue weighted by Crippen LogP contribution is -2.10. The normalized spacial score (nSPS) is 12.6. The maximum atomic E-state index is 6.11. The number of hydrogen-bond acceptors (Lipinski definition) is 2. The highest BCUT2D eigenvalue weighted by Crippen LogP contribution is 2.26. The van der Waals surface area contributed by atoms with Crippen molar-refractivity contribution < 1.29 is 4.42 Å². The second kappa shape index (κ2) is 6.03. The molecule has 1 aromatic carbocycles. The van der Waals surface area contributed by atoms with Crippen molar-refractivity contribution in [1.29, 1.82) is 0 Å². The number of aryl methyl sites for hydroxylation is 1. The first-order chi connectivity index (χ1) is 8.27. The smallest absolute Gasteiger partial charge is 0.173 e. The molecule has 2 N–H and O–H groups in total. The molecule has 0 fully saturated rings. The van der Waals surface area contributed by atoms with E-state index in [9.17, 15) is 0 Å². The summed E-state index contributed by atoms with van der Waals surface area (Å²) in [7, 11) is 0. The van der Waals surface area contributed by atoms with Crippen LogP contribution in [-0.4, -0.2) is 0 Å². The van der Waals surface area contributed by atoms with Crippen molar-refractivity contribution in [1.82, 2.24) is 0 Å². The molecule has 1 heterocycles. The predicted octanol–water partition coefficient (Wildman–Crippen LogP) is 4.06. The van der Waals surface area contributed by atoms with Gasteiger partial charge < -0.3 is 10.2 Å². The summed E-state index contributed by atoms with van der Waals surface area (Å²) in [4.78, 5) is 0. The zero-order valence-electron chi connectivity index (χ0n) is 9.60. The van der Waals surface area contributed by atoms with Gasteiger partial charge in [0.2, 0.25) is 0 Å². The molecular formula is C14H16BrNO. The topological polar surface area (TPSA) is 39.2 Å². The van der Waals surface area contributed by atoms with Crippen LogP contribution in [0.4, 0.5) is 0 Å². The quantitative estimate of drug-likeness (QED) is 0.903. The van der Waals surface area contributed by atoms with E-state index in [1.165, 1.54) is 5.56 Å². The minimum Gasteiger partial charge on any atom is -0.457 e. The van der Waals surface area contributed by atoms with Crippen LogP contribution < -0.4 is 5.73 Å². The Labute approximate surface area is 110 Å². The van der Waals surface area contributed by atoms with Crippen LogP contribution in [0.5, 0.6) is 0 Å². The summed E-state index contributed by atoms with van der Waals surface area (Å²) in [5.74, 6) is 0. The van der Waals surface area contributed by atoms with E-state index < -0.39 is 0 Å². The number of rotatable bonds is 5. The molecule has 0 saturated heterocycles. The Kier molecular flexibility index (Phi) is 4.40. The molecule has 2 nitrogen and oxygen atoms in total. The van der Waals surface area contributed by atoms with Crippen LogP contribution in [0.2, 0.25) is 0 Å². The van der Waals surface area contributed by atoms with Crippen molar-refractivity contribution in [3.63, 3.8) is 0 Å². The Morgan fingerprint density at radius 2 is 1.94 bits per heavy atom. The summed E-state index contributed by atoms with van der Waals surface area (Å²) in [6.07, 6.45) is 4.79. The molecule has 3 heteroatoms. The average Bonchev–Trinajstić information content (AvgIpc) is 2.77. The van der Waals surface area contributed by atoms with Crippen LogP contribution in [0.3, 0.4) is 0 Å². The number of benzene rings is 1. The zero-order valence-corrected chi connectivity index (χ0v) is 11.2. The minimum atomic E-state index is 0.0480. The van der Waals surface area contributed by atoms with E-state index in [0.717, 1.165) is 29.5 Å². The van der Waals surface area contributed by atoms with E-state index in [1.807, 2.05) is 12.1 Å². The second-order valence-electron chi connectivity index (χ2n) is 4.13. The highest BCUT2D eigenvalue weighted by molar-refractivity contribution is 9.10. The summed E-state index contributed by atoms with van der Waals surface area (Å²) in [6.45, 7) is 0. The molecule has 1 unspecified atom stereocenters. The lowest BCUT2D eigenvalue weighted by atomic mass is 10.0. The maximum absolute atomic E-state index is 6.11. The Morgan fingerprint density at radius 3 is 2.59 bits per heavy atom. The van der Waals surface area contributed by atoms with Crippen molar-refractivity contribution in [2.45, 2.75) is 25.3 Å². The summed E-state index contributed by atoms with van der Waals surface area (Å²) < 4.78 is 5.94.